The molecule has 0 fully saturated rings. The number of hydrogen-bond acceptors (Lipinski definition) is 2. The van der Waals surface area contributed by atoms with Crippen LogP contribution in [0.25, 0.3) is 0 Å². The molecule has 2 heteroatoms. The van der Waals surface area contributed by atoms with Crippen LogP contribution in [0.2, 0.25) is 0 Å². The summed E-state index contributed by atoms with van der Waals surface area (Å²) in [5, 5.41) is 0. The van der Waals surface area contributed by atoms with E-state index < -0.39 is 0 Å². The van der Waals surface area contributed by atoms with Gasteiger partial charge >= 0.3 is 0 Å². The molecule has 0 saturated carbocycles. The van der Waals surface area contributed by atoms with E-state index in [1.165, 1.54) is 0 Å². The van der Waals surface area contributed by atoms with Gasteiger partial charge in [0.1, 0.15) is 0 Å². The fraction of sp³-hybridized carbons (Fsp3) is 0.900. The second-order valence-electron chi connectivity index (χ2n) is 1.36. The Hall–Kier alpha value is -0.370. The molecule has 0 heterocycles. The normalized spacial score (nSPS) is 8.17. The average Bonchev–Trinajstić information content (AvgIpc) is 2.19. The van der Waals surface area contributed by atoms with Gasteiger partial charge in [0.05, 0.1) is 13.2 Å². The molecule has 0 bridgehead atoms. The molecular formula is C10H25NO. The van der Waals surface area contributed by atoms with Crippen LogP contribution in [-0.4, -0.2) is 26.0 Å². The minimum Gasteiger partial charge on any atom is -0.380 e. The van der Waals surface area contributed by atoms with Crippen LogP contribution in [0, 0.1) is 0 Å². The van der Waals surface area contributed by atoms with Crippen LogP contribution in [0.3, 0.4) is 0 Å². The highest BCUT2D eigenvalue weighted by atomic mass is 16.5. The fourth-order valence-corrected chi connectivity index (χ4v) is 0.391. The molecular weight excluding hydrogens is 150 g/mol. The first-order chi connectivity index (χ1) is 5.91. The maximum atomic E-state index is 5.02. The second-order valence-corrected chi connectivity index (χ2v) is 1.36. The van der Waals surface area contributed by atoms with Crippen molar-refractivity contribution in [3.05, 3.63) is 0 Å². The van der Waals surface area contributed by atoms with Gasteiger partial charge in [-0.1, -0.05) is 27.7 Å². The van der Waals surface area contributed by atoms with Crippen LogP contribution in [0.1, 0.15) is 41.5 Å². The summed E-state index contributed by atoms with van der Waals surface area (Å²) in [7, 11) is 0. The Labute approximate surface area is 78.0 Å². The Morgan fingerprint density at radius 1 is 1.17 bits per heavy atom. The van der Waals surface area contributed by atoms with Gasteiger partial charge in [-0.3, -0.25) is 4.99 Å². The Bertz CT molecular complexity index is 62.9. The molecule has 2 nitrogen and oxygen atoms in total. The fourth-order valence-electron chi connectivity index (χ4n) is 0.391. The molecule has 0 amide bonds. The van der Waals surface area contributed by atoms with Gasteiger partial charge in [-0.05, 0) is 20.1 Å². The van der Waals surface area contributed by atoms with Gasteiger partial charge in [0.2, 0.25) is 0 Å². The topological polar surface area (TPSA) is 21.6 Å². The number of rotatable bonds is 4. The molecule has 76 valence electrons. The smallest absolute Gasteiger partial charge is 0.0661 e. The van der Waals surface area contributed by atoms with Crippen molar-refractivity contribution in [3.8, 4) is 0 Å². The molecule has 0 N–H and O–H groups in total. The zero-order valence-corrected chi connectivity index (χ0v) is 9.55. The van der Waals surface area contributed by atoms with Crippen LogP contribution in [0.15, 0.2) is 4.99 Å². The Morgan fingerprint density at radius 2 is 1.67 bits per heavy atom. The van der Waals surface area contributed by atoms with E-state index in [1.807, 2.05) is 41.5 Å². The first-order valence-corrected chi connectivity index (χ1v) is 4.94. The molecule has 0 saturated heterocycles. The predicted octanol–water partition coefficient (Wildman–Crippen LogP) is 3.17. The van der Waals surface area contributed by atoms with Gasteiger partial charge in [-0.15, -0.1) is 0 Å². The molecule has 0 spiro atoms. The van der Waals surface area contributed by atoms with Crippen molar-refractivity contribution in [2.45, 2.75) is 41.5 Å². The van der Waals surface area contributed by atoms with Gasteiger partial charge in [0.15, 0.2) is 0 Å². The molecule has 0 atom stereocenters. The van der Waals surface area contributed by atoms with Crippen molar-refractivity contribution in [1.29, 1.82) is 0 Å². The lowest BCUT2D eigenvalue weighted by Gasteiger charge is -1.93. The summed E-state index contributed by atoms with van der Waals surface area (Å²) in [6, 6.07) is 0. The molecule has 0 unspecified atom stereocenters. The molecule has 12 heavy (non-hydrogen) atoms. The quantitative estimate of drug-likeness (QED) is 0.475. The highest BCUT2D eigenvalue weighted by Crippen LogP contribution is 1.72. The van der Waals surface area contributed by atoms with Crippen LogP contribution >= 0.6 is 0 Å². The van der Waals surface area contributed by atoms with Gasteiger partial charge in [-0.2, -0.15) is 0 Å². The minimum absolute atomic E-state index is 0.751. The van der Waals surface area contributed by atoms with E-state index in [1.54, 1.807) is 6.21 Å². The number of ether oxygens (including phenoxy) is 1. The highest BCUT2D eigenvalue weighted by Gasteiger charge is 1.77. The van der Waals surface area contributed by atoms with E-state index in [-0.39, 0.29) is 0 Å². The Balaban J connectivity index is -0.000000175. The molecule has 0 aliphatic carbocycles. The zero-order valence-electron chi connectivity index (χ0n) is 9.55. The first-order valence-electron chi connectivity index (χ1n) is 4.94. The number of hydrogen-bond donors (Lipinski definition) is 0. The van der Waals surface area contributed by atoms with E-state index >= 15 is 0 Å². The largest absolute Gasteiger partial charge is 0.380 e. The summed E-state index contributed by atoms with van der Waals surface area (Å²) in [5.74, 6) is 0. The van der Waals surface area contributed by atoms with Crippen LogP contribution in [0.5, 0.6) is 0 Å². The monoisotopic (exact) mass is 175 g/mol. The van der Waals surface area contributed by atoms with Crippen molar-refractivity contribution < 1.29 is 4.74 Å². The summed E-state index contributed by atoms with van der Waals surface area (Å²) >= 11 is 0. The highest BCUT2D eigenvalue weighted by molar-refractivity contribution is 5.53. The van der Waals surface area contributed by atoms with Crippen molar-refractivity contribution in [3.63, 3.8) is 0 Å². The van der Waals surface area contributed by atoms with Crippen molar-refractivity contribution in [2.24, 2.45) is 4.99 Å². The van der Waals surface area contributed by atoms with Gasteiger partial charge in [0, 0.05) is 6.61 Å². The Kier molecular flexibility index (Phi) is 45.7. The van der Waals surface area contributed by atoms with Crippen molar-refractivity contribution in [1.82, 2.24) is 0 Å². The zero-order chi connectivity index (χ0) is 10.2. The van der Waals surface area contributed by atoms with E-state index in [4.69, 9.17) is 4.74 Å². The van der Waals surface area contributed by atoms with E-state index in [2.05, 4.69) is 4.99 Å². The predicted molar refractivity (Wildman–Crippen MR) is 58.2 cm³/mol. The third-order valence-electron chi connectivity index (χ3n) is 0.751. The molecule has 0 aliphatic rings. The maximum Gasteiger partial charge on any atom is 0.0661 e. The second kappa shape index (κ2) is 31.1. The standard InChI is InChI=1S/C6H13NO.2C2H6/c1-3-7-5-6-8-4-2;2*1-2/h3H,4-6H2,1-2H3;2*1-2H3. The van der Waals surface area contributed by atoms with E-state index in [0.717, 1.165) is 19.8 Å². The van der Waals surface area contributed by atoms with Crippen LogP contribution < -0.4 is 0 Å². The van der Waals surface area contributed by atoms with Gasteiger partial charge in [-0.25, -0.2) is 0 Å². The molecule has 0 radical (unpaired) electrons. The van der Waals surface area contributed by atoms with Crippen LogP contribution in [0.4, 0.5) is 0 Å². The first kappa shape index (κ1) is 17.6. The SMILES string of the molecule is CC.CC.CC=NCCOCC. The number of aliphatic imine (C=N–C) groups is 1. The lowest BCUT2D eigenvalue weighted by molar-refractivity contribution is 0.156. The van der Waals surface area contributed by atoms with Gasteiger partial charge in [0.25, 0.3) is 0 Å². The van der Waals surface area contributed by atoms with Gasteiger partial charge < -0.3 is 4.74 Å². The Morgan fingerprint density at radius 3 is 2.00 bits per heavy atom. The molecule has 0 rings (SSSR count). The maximum absolute atomic E-state index is 5.02. The lowest BCUT2D eigenvalue weighted by atomic mass is 10.7. The summed E-state index contributed by atoms with van der Waals surface area (Å²) < 4.78 is 5.02. The third-order valence-corrected chi connectivity index (χ3v) is 0.751. The molecule has 0 aromatic rings. The lowest BCUT2D eigenvalue weighted by Crippen LogP contribution is -1.96. The number of nitrogens with zero attached hydrogens (tertiary/aromatic N) is 1. The third kappa shape index (κ3) is 33.5. The van der Waals surface area contributed by atoms with E-state index in [9.17, 15) is 0 Å². The van der Waals surface area contributed by atoms with E-state index in [0.29, 0.717) is 0 Å². The molecule has 0 aromatic heterocycles. The summed E-state index contributed by atoms with van der Waals surface area (Å²) in [5.41, 5.74) is 0. The summed E-state index contributed by atoms with van der Waals surface area (Å²) in [6.45, 7) is 14.2. The van der Waals surface area contributed by atoms with Crippen molar-refractivity contribution in [2.75, 3.05) is 19.8 Å². The average molecular weight is 175 g/mol. The van der Waals surface area contributed by atoms with Crippen LogP contribution in [-0.2, 0) is 4.74 Å². The minimum atomic E-state index is 0.751. The molecule has 0 aromatic carbocycles. The summed E-state index contributed by atoms with van der Waals surface area (Å²) in [6.07, 6.45) is 1.79. The summed E-state index contributed by atoms with van der Waals surface area (Å²) in [4.78, 5) is 3.96. The van der Waals surface area contributed by atoms with Crippen molar-refractivity contribution >= 4 is 6.21 Å². The molecule has 0 aliphatic heterocycles.